The summed E-state index contributed by atoms with van der Waals surface area (Å²) in [6.45, 7) is 5.97. The Morgan fingerprint density at radius 1 is 1.22 bits per heavy atom. The normalized spacial score (nSPS) is 15.8. The summed E-state index contributed by atoms with van der Waals surface area (Å²) in [5.41, 5.74) is 2.51. The molecule has 0 bridgehead atoms. The summed E-state index contributed by atoms with van der Waals surface area (Å²) >= 11 is 0. The molecule has 1 aliphatic heterocycles. The predicted octanol–water partition coefficient (Wildman–Crippen LogP) is 3.19. The van der Waals surface area contributed by atoms with Crippen LogP contribution in [0.1, 0.15) is 36.1 Å². The number of guanidine groups is 1. The van der Waals surface area contributed by atoms with Gasteiger partial charge in [0, 0.05) is 25.6 Å². The fourth-order valence-corrected chi connectivity index (χ4v) is 3.91. The standard InChI is InChI=1S/C23H31N7O.HI/c1-3-24-23(28-20-10-11-22-26-17-27-30(22)15-20)25-13-18-7-4-5-8-19(18)14-29(2)16-21-9-6-12-31-21;/h4-9,12,17,20H,3,10-11,13-16H2,1-2H3,(H2,24,25,28);1H. The Kier molecular flexibility index (Phi) is 9.10. The first-order valence-electron chi connectivity index (χ1n) is 10.9. The Hall–Kier alpha value is -2.40. The molecule has 0 saturated heterocycles. The van der Waals surface area contributed by atoms with Gasteiger partial charge in [0.2, 0.25) is 0 Å². The summed E-state index contributed by atoms with van der Waals surface area (Å²) in [5, 5.41) is 11.3. The van der Waals surface area contributed by atoms with E-state index in [-0.39, 0.29) is 24.0 Å². The van der Waals surface area contributed by atoms with Crippen LogP contribution in [0, 0.1) is 0 Å². The van der Waals surface area contributed by atoms with Gasteiger partial charge in [-0.15, -0.1) is 24.0 Å². The summed E-state index contributed by atoms with van der Waals surface area (Å²) in [6.07, 6.45) is 5.31. The van der Waals surface area contributed by atoms with E-state index < -0.39 is 0 Å². The molecule has 0 amide bonds. The van der Waals surface area contributed by atoms with E-state index >= 15 is 0 Å². The zero-order valence-electron chi connectivity index (χ0n) is 18.7. The maximum absolute atomic E-state index is 5.48. The van der Waals surface area contributed by atoms with Gasteiger partial charge in [-0.25, -0.2) is 14.7 Å². The highest BCUT2D eigenvalue weighted by atomic mass is 127. The molecular weight excluding hydrogens is 517 g/mol. The topological polar surface area (TPSA) is 83.5 Å². The molecule has 1 atom stereocenters. The molecule has 1 unspecified atom stereocenters. The van der Waals surface area contributed by atoms with Crippen molar-refractivity contribution in [3.8, 4) is 0 Å². The Morgan fingerprint density at radius 2 is 2.06 bits per heavy atom. The number of nitrogens with one attached hydrogen (secondary N) is 2. The molecule has 0 fully saturated rings. The summed E-state index contributed by atoms with van der Waals surface area (Å²) in [6, 6.07) is 12.7. The number of hydrogen-bond donors (Lipinski definition) is 2. The second-order valence-electron chi connectivity index (χ2n) is 7.95. The molecule has 4 rings (SSSR count). The van der Waals surface area contributed by atoms with Crippen LogP contribution in [0.25, 0.3) is 0 Å². The van der Waals surface area contributed by atoms with Gasteiger partial charge in [-0.1, -0.05) is 24.3 Å². The minimum atomic E-state index is 0. The monoisotopic (exact) mass is 549 g/mol. The molecule has 1 aliphatic rings. The minimum Gasteiger partial charge on any atom is -0.468 e. The molecule has 3 aromatic rings. The van der Waals surface area contributed by atoms with Gasteiger partial charge in [0.1, 0.15) is 17.9 Å². The Labute approximate surface area is 206 Å². The number of fused-ring (bicyclic) bond motifs is 1. The van der Waals surface area contributed by atoms with E-state index in [4.69, 9.17) is 9.41 Å². The van der Waals surface area contributed by atoms with Crippen molar-refractivity contribution in [3.05, 3.63) is 71.7 Å². The quantitative estimate of drug-likeness (QED) is 0.255. The highest BCUT2D eigenvalue weighted by Crippen LogP contribution is 2.15. The lowest BCUT2D eigenvalue weighted by molar-refractivity contribution is 0.287. The maximum atomic E-state index is 5.48. The van der Waals surface area contributed by atoms with Crippen LogP contribution in [-0.2, 0) is 32.6 Å². The van der Waals surface area contributed by atoms with Gasteiger partial charge in [-0.3, -0.25) is 4.90 Å². The van der Waals surface area contributed by atoms with Crippen LogP contribution in [0.2, 0.25) is 0 Å². The molecule has 9 heteroatoms. The summed E-state index contributed by atoms with van der Waals surface area (Å²) in [5.74, 6) is 2.88. The zero-order valence-corrected chi connectivity index (χ0v) is 21.0. The van der Waals surface area contributed by atoms with E-state index in [1.807, 2.05) is 16.8 Å². The van der Waals surface area contributed by atoms with E-state index in [2.05, 4.69) is 63.9 Å². The van der Waals surface area contributed by atoms with Gasteiger partial charge >= 0.3 is 0 Å². The van der Waals surface area contributed by atoms with E-state index in [0.717, 1.165) is 56.6 Å². The third-order valence-electron chi connectivity index (χ3n) is 5.46. The SMILES string of the molecule is CCNC(=NCc1ccccc1CN(C)Cc1ccco1)NC1CCc2ncnn2C1.I. The fraction of sp³-hybridized carbons (Fsp3) is 0.435. The van der Waals surface area contributed by atoms with Crippen molar-refractivity contribution in [1.82, 2.24) is 30.3 Å². The first-order valence-corrected chi connectivity index (χ1v) is 10.9. The second kappa shape index (κ2) is 12.0. The van der Waals surface area contributed by atoms with Gasteiger partial charge in [-0.05, 0) is 43.7 Å². The van der Waals surface area contributed by atoms with Crippen molar-refractivity contribution in [2.75, 3.05) is 13.6 Å². The van der Waals surface area contributed by atoms with Crippen LogP contribution in [0.3, 0.4) is 0 Å². The molecule has 0 radical (unpaired) electrons. The number of nitrogens with zero attached hydrogens (tertiary/aromatic N) is 5. The van der Waals surface area contributed by atoms with Crippen molar-refractivity contribution >= 4 is 29.9 Å². The number of hydrogen-bond acceptors (Lipinski definition) is 5. The average molecular weight is 549 g/mol. The molecule has 8 nitrogen and oxygen atoms in total. The number of benzene rings is 1. The first kappa shape index (κ1) is 24.2. The molecule has 32 heavy (non-hydrogen) atoms. The lowest BCUT2D eigenvalue weighted by Crippen LogP contribution is -2.47. The van der Waals surface area contributed by atoms with Gasteiger partial charge < -0.3 is 15.1 Å². The van der Waals surface area contributed by atoms with Crippen LogP contribution >= 0.6 is 24.0 Å². The van der Waals surface area contributed by atoms with Crippen molar-refractivity contribution in [2.45, 2.75) is 52.0 Å². The highest BCUT2D eigenvalue weighted by Gasteiger charge is 2.20. The third kappa shape index (κ3) is 6.55. The lowest BCUT2D eigenvalue weighted by Gasteiger charge is -2.25. The van der Waals surface area contributed by atoms with E-state index in [0.29, 0.717) is 12.6 Å². The highest BCUT2D eigenvalue weighted by molar-refractivity contribution is 14.0. The smallest absolute Gasteiger partial charge is 0.191 e. The van der Waals surface area contributed by atoms with E-state index in [1.165, 1.54) is 11.1 Å². The van der Waals surface area contributed by atoms with Gasteiger partial charge in [-0.2, -0.15) is 5.10 Å². The van der Waals surface area contributed by atoms with Crippen molar-refractivity contribution in [2.24, 2.45) is 4.99 Å². The number of aryl methyl sites for hydroxylation is 1. The van der Waals surface area contributed by atoms with Gasteiger partial charge in [0.25, 0.3) is 0 Å². The summed E-state index contributed by atoms with van der Waals surface area (Å²) < 4.78 is 7.46. The molecular formula is C23H32IN7O. The van der Waals surface area contributed by atoms with E-state index in [1.54, 1.807) is 12.6 Å². The number of rotatable bonds is 8. The lowest BCUT2D eigenvalue weighted by atomic mass is 10.1. The van der Waals surface area contributed by atoms with E-state index in [9.17, 15) is 0 Å². The molecule has 3 heterocycles. The Morgan fingerprint density at radius 3 is 2.84 bits per heavy atom. The van der Waals surface area contributed by atoms with Crippen molar-refractivity contribution < 1.29 is 4.42 Å². The molecule has 2 N–H and O–H groups in total. The number of halogens is 1. The molecule has 2 aromatic heterocycles. The van der Waals surface area contributed by atoms with Crippen molar-refractivity contribution in [3.63, 3.8) is 0 Å². The summed E-state index contributed by atoms with van der Waals surface area (Å²) in [7, 11) is 2.11. The maximum Gasteiger partial charge on any atom is 0.191 e. The zero-order chi connectivity index (χ0) is 21.5. The van der Waals surface area contributed by atoms with Crippen LogP contribution in [0.4, 0.5) is 0 Å². The molecule has 1 aromatic carbocycles. The number of aromatic nitrogens is 3. The fourth-order valence-electron chi connectivity index (χ4n) is 3.91. The van der Waals surface area contributed by atoms with Gasteiger partial charge in [0.15, 0.2) is 5.96 Å². The van der Waals surface area contributed by atoms with Gasteiger partial charge in [0.05, 0.1) is 25.9 Å². The Bertz CT molecular complexity index is 986. The average Bonchev–Trinajstić information content (AvgIpc) is 3.44. The number of furan rings is 1. The van der Waals surface area contributed by atoms with Crippen LogP contribution in [0.5, 0.6) is 0 Å². The molecule has 0 aliphatic carbocycles. The largest absolute Gasteiger partial charge is 0.468 e. The molecule has 0 spiro atoms. The van der Waals surface area contributed by atoms with Crippen LogP contribution < -0.4 is 10.6 Å². The van der Waals surface area contributed by atoms with Crippen LogP contribution in [-0.4, -0.2) is 45.3 Å². The third-order valence-corrected chi connectivity index (χ3v) is 5.46. The van der Waals surface area contributed by atoms with Crippen molar-refractivity contribution in [1.29, 1.82) is 0 Å². The second-order valence-corrected chi connectivity index (χ2v) is 7.95. The Balaban J connectivity index is 0.00000289. The number of aliphatic imine (C=N–C) groups is 1. The molecule has 0 saturated carbocycles. The van der Waals surface area contributed by atoms with Crippen LogP contribution in [0.15, 0.2) is 58.4 Å². The molecule has 172 valence electrons. The predicted molar refractivity (Wildman–Crippen MR) is 136 cm³/mol. The minimum absolute atomic E-state index is 0. The summed E-state index contributed by atoms with van der Waals surface area (Å²) in [4.78, 5) is 11.4. The first-order chi connectivity index (χ1) is 15.2.